The van der Waals surface area contributed by atoms with Crippen LogP contribution >= 0.6 is 27.5 Å². The molecule has 0 bridgehead atoms. The maximum atomic E-state index is 11.8. The van der Waals surface area contributed by atoms with E-state index in [1.165, 1.54) is 6.20 Å². The highest BCUT2D eigenvalue weighted by atomic mass is 79.9. The Balaban J connectivity index is 2.05. The molecule has 1 heterocycles. The number of rotatable bonds is 3. The van der Waals surface area contributed by atoms with Crippen molar-refractivity contribution in [3.05, 3.63) is 51.7 Å². The van der Waals surface area contributed by atoms with Crippen LogP contribution in [-0.2, 0) is 11.2 Å². The quantitative estimate of drug-likeness (QED) is 0.841. The van der Waals surface area contributed by atoms with Crippen molar-refractivity contribution in [2.75, 3.05) is 5.32 Å². The Morgan fingerprint density at radius 2 is 2.16 bits per heavy atom. The van der Waals surface area contributed by atoms with Crippen LogP contribution in [0.1, 0.15) is 5.56 Å². The molecule has 1 aromatic carbocycles. The lowest BCUT2D eigenvalue weighted by atomic mass is 10.1. The lowest BCUT2D eigenvalue weighted by molar-refractivity contribution is -0.115. The van der Waals surface area contributed by atoms with Gasteiger partial charge >= 0.3 is 0 Å². The number of amides is 1. The molecule has 0 saturated carbocycles. The van der Waals surface area contributed by atoms with Crippen molar-refractivity contribution >= 4 is 39.1 Å². The van der Waals surface area contributed by atoms with Crippen molar-refractivity contribution < 1.29 is 9.90 Å². The van der Waals surface area contributed by atoms with Gasteiger partial charge in [0.2, 0.25) is 5.91 Å². The van der Waals surface area contributed by atoms with E-state index in [4.69, 9.17) is 11.6 Å². The van der Waals surface area contributed by atoms with Crippen molar-refractivity contribution in [1.29, 1.82) is 0 Å². The second-order valence-electron chi connectivity index (χ2n) is 3.85. The molecule has 6 heteroatoms. The summed E-state index contributed by atoms with van der Waals surface area (Å²) in [5.41, 5.74) is 1.11. The van der Waals surface area contributed by atoms with E-state index in [0.717, 1.165) is 0 Å². The predicted octanol–water partition coefficient (Wildman–Crippen LogP) is 3.38. The highest BCUT2D eigenvalue weighted by Gasteiger charge is 2.08. The van der Waals surface area contributed by atoms with E-state index in [0.29, 0.717) is 20.9 Å². The Morgan fingerprint density at radius 3 is 2.84 bits per heavy atom. The molecule has 4 nitrogen and oxygen atoms in total. The molecule has 1 aromatic heterocycles. The van der Waals surface area contributed by atoms with E-state index in [1.807, 2.05) is 0 Å². The highest BCUT2D eigenvalue weighted by Crippen LogP contribution is 2.23. The standard InChI is InChI=1S/C13H10BrClN2O2/c14-10-6-9(7-16-13(10)15)17-12(19)5-8-3-1-2-4-11(8)18/h1-4,6-7,18H,5H2,(H,17,19). The van der Waals surface area contributed by atoms with Crippen LogP contribution in [0.4, 0.5) is 5.69 Å². The van der Waals surface area contributed by atoms with Gasteiger partial charge in [0.15, 0.2) is 0 Å². The van der Waals surface area contributed by atoms with Gasteiger partial charge < -0.3 is 10.4 Å². The first-order valence-electron chi connectivity index (χ1n) is 5.44. The highest BCUT2D eigenvalue weighted by molar-refractivity contribution is 9.10. The number of halogens is 2. The maximum Gasteiger partial charge on any atom is 0.228 e. The first-order valence-corrected chi connectivity index (χ1v) is 6.61. The minimum Gasteiger partial charge on any atom is -0.508 e. The molecule has 0 fully saturated rings. The smallest absolute Gasteiger partial charge is 0.228 e. The van der Waals surface area contributed by atoms with Crippen LogP contribution in [0.5, 0.6) is 5.75 Å². The van der Waals surface area contributed by atoms with Gasteiger partial charge in [0, 0.05) is 5.56 Å². The number of anilines is 1. The van der Waals surface area contributed by atoms with Gasteiger partial charge in [-0.05, 0) is 28.1 Å². The molecule has 0 aliphatic heterocycles. The fraction of sp³-hybridized carbons (Fsp3) is 0.0769. The largest absolute Gasteiger partial charge is 0.508 e. The molecule has 1 amide bonds. The minimum absolute atomic E-state index is 0.0902. The van der Waals surface area contributed by atoms with Crippen LogP contribution < -0.4 is 5.32 Å². The summed E-state index contributed by atoms with van der Waals surface area (Å²) in [7, 11) is 0. The third kappa shape index (κ3) is 3.68. The summed E-state index contributed by atoms with van der Waals surface area (Å²) in [4.78, 5) is 15.7. The maximum absolute atomic E-state index is 11.8. The molecule has 0 unspecified atom stereocenters. The van der Waals surface area contributed by atoms with Gasteiger partial charge in [-0.15, -0.1) is 0 Å². The number of phenolic OH excluding ortho intramolecular Hbond substituents is 1. The van der Waals surface area contributed by atoms with Gasteiger partial charge in [0.05, 0.1) is 22.8 Å². The number of aromatic hydroxyl groups is 1. The summed E-state index contributed by atoms with van der Waals surface area (Å²) in [5, 5.41) is 12.6. The van der Waals surface area contributed by atoms with Crippen LogP contribution in [0.3, 0.4) is 0 Å². The molecule has 19 heavy (non-hydrogen) atoms. The fourth-order valence-corrected chi connectivity index (χ4v) is 1.98. The summed E-state index contributed by atoms with van der Waals surface area (Å²) in [6.07, 6.45) is 1.56. The van der Waals surface area contributed by atoms with Crippen molar-refractivity contribution in [3.63, 3.8) is 0 Å². The Kier molecular flexibility index (Phi) is 4.39. The molecule has 0 atom stereocenters. The Morgan fingerprint density at radius 1 is 1.42 bits per heavy atom. The first-order chi connectivity index (χ1) is 9.06. The van der Waals surface area contributed by atoms with E-state index in [9.17, 15) is 9.90 Å². The number of para-hydroxylation sites is 1. The van der Waals surface area contributed by atoms with Crippen molar-refractivity contribution in [2.45, 2.75) is 6.42 Å². The third-order valence-electron chi connectivity index (χ3n) is 2.42. The van der Waals surface area contributed by atoms with E-state index >= 15 is 0 Å². The second kappa shape index (κ2) is 6.04. The summed E-state index contributed by atoms with van der Waals surface area (Å²) < 4.78 is 0.606. The third-order valence-corrected chi connectivity index (χ3v) is 3.56. The van der Waals surface area contributed by atoms with E-state index in [-0.39, 0.29) is 18.1 Å². The average Bonchev–Trinajstić information content (AvgIpc) is 2.37. The summed E-state index contributed by atoms with van der Waals surface area (Å²) >= 11 is 8.99. The molecule has 2 N–H and O–H groups in total. The molecule has 2 rings (SSSR count). The van der Waals surface area contributed by atoms with E-state index in [2.05, 4.69) is 26.2 Å². The number of carbonyl (C=O) groups excluding carboxylic acids is 1. The summed E-state index contributed by atoms with van der Waals surface area (Å²) in [6, 6.07) is 8.38. The molecule has 0 saturated heterocycles. The summed E-state index contributed by atoms with van der Waals surface area (Å²) in [6.45, 7) is 0. The number of nitrogens with zero attached hydrogens (tertiary/aromatic N) is 1. The number of nitrogens with one attached hydrogen (secondary N) is 1. The Labute approximate surface area is 123 Å². The predicted molar refractivity (Wildman–Crippen MR) is 77.4 cm³/mol. The normalized spacial score (nSPS) is 10.2. The Hall–Kier alpha value is -1.59. The number of hydrogen-bond donors (Lipinski definition) is 2. The van der Waals surface area contributed by atoms with E-state index in [1.54, 1.807) is 30.3 Å². The van der Waals surface area contributed by atoms with Gasteiger partial charge in [0.25, 0.3) is 0 Å². The van der Waals surface area contributed by atoms with Gasteiger partial charge in [0.1, 0.15) is 10.9 Å². The molecule has 0 spiro atoms. The number of pyridine rings is 1. The Bertz CT molecular complexity index is 619. The number of phenols is 1. The van der Waals surface area contributed by atoms with Crippen LogP contribution in [0, 0.1) is 0 Å². The lowest BCUT2D eigenvalue weighted by Crippen LogP contribution is -2.14. The zero-order chi connectivity index (χ0) is 13.8. The molecular weight excluding hydrogens is 332 g/mol. The van der Waals surface area contributed by atoms with Crippen molar-refractivity contribution in [1.82, 2.24) is 4.98 Å². The number of hydrogen-bond acceptors (Lipinski definition) is 3. The van der Waals surface area contributed by atoms with Crippen molar-refractivity contribution in [3.8, 4) is 5.75 Å². The summed E-state index contributed by atoms with van der Waals surface area (Å²) in [5.74, 6) is -0.134. The van der Waals surface area contributed by atoms with Gasteiger partial charge in [-0.2, -0.15) is 0 Å². The van der Waals surface area contributed by atoms with Gasteiger partial charge in [-0.25, -0.2) is 4.98 Å². The fourth-order valence-electron chi connectivity index (χ4n) is 1.53. The van der Waals surface area contributed by atoms with Crippen LogP contribution in [0.15, 0.2) is 41.0 Å². The second-order valence-corrected chi connectivity index (χ2v) is 5.06. The van der Waals surface area contributed by atoms with E-state index < -0.39 is 0 Å². The molecular formula is C13H10BrClN2O2. The van der Waals surface area contributed by atoms with Gasteiger partial charge in [-0.1, -0.05) is 29.8 Å². The molecule has 0 aliphatic carbocycles. The number of aromatic nitrogens is 1. The molecule has 2 aromatic rings. The zero-order valence-corrected chi connectivity index (χ0v) is 12.1. The van der Waals surface area contributed by atoms with Crippen molar-refractivity contribution in [2.24, 2.45) is 0 Å². The molecule has 0 aliphatic rings. The molecule has 98 valence electrons. The minimum atomic E-state index is -0.238. The monoisotopic (exact) mass is 340 g/mol. The lowest BCUT2D eigenvalue weighted by Gasteiger charge is -2.07. The van der Waals surface area contributed by atoms with Crippen LogP contribution in [-0.4, -0.2) is 16.0 Å². The van der Waals surface area contributed by atoms with Crippen LogP contribution in [0.25, 0.3) is 0 Å². The SMILES string of the molecule is O=C(Cc1ccccc1O)Nc1cnc(Cl)c(Br)c1. The topological polar surface area (TPSA) is 62.2 Å². The number of carbonyl (C=O) groups is 1. The molecule has 0 radical (unpaired) electrons. The first kappa shape index (κ1) is 13.8. The van der Waals surface area contributed by atoms with Gasteiger partial charge in [-0.3, -0.25) is 4.79 Å². The number of benzene rings is 1. The average molecular weight is 342 g/mol. The van der Waals surface area contributed by atoms with Crippen LogP contribution in [0.2, 0.25) is 5.15 Å². The zero-order valence-electron chi connectivity index (χ0n) is 9.73.